The lowest BCUT2D eigenvalue weighted by molar-refractivity contribution is 0.199. The van der Waals surface area contributed by atoms with Crippen LogP contribution in [0.15, 0.2) is 6.20 Å². The molecule has 1 saturated heterocycles. The van der Waals surface area contributed by atoms with Crippen molar-refractivity contribution in [1.29, 1.82) is 0 Å². The Balaban J connectivity index is 2.04. The van der Waals surface area contributed by atoms with Gasteiger partial charge in [0, 0.05) is 37.4 Å². The maximum Gasteiger partial charge on any atom is 0.0537 e. The number of nitrogens with one attached hydrogen (secondary N) is 1. The highest BCUT2D eigenvalue weighted by atomic mass is 15.3. The summed E-state index contributed by atoms with van der Waals surface area (Å²) in [6.45, 7) is 8.93. The Labute approximate surface area is 104 Å². The van der Waals surface area contributed by atoms with E-state index in [-0.39, 0.29) is 0 Å². The second kappa shape index (κ2) is 5.65. The molecule has 0 aromatic carbocycles. The molecule has 4 heteroatoms. The van der Waals surface area contributed by atoms with E-state index in [2.05, 4.69) is 29.2 Å². The molecule has 2 rings (SSSR count). The highest BCUT2D eigenvalue weighted by molar-refractivity contribution is 5.15. The van der Waals surface area contributed by atoms with Crippen LogP contribution in [-0.4, -0.2) is 40.4 Å². The van der Waals surface area contributed by atoms with Gasteiger partial charge in [-0.2, -0.15) is 5.10 Å². The Hall–Kier alpha value is -0.870. The standard InChI is InChI=1S/C13H24N4/c1-4-7-17(13-5-6-14-9-13)10-12-8-15-16(3)11(12)2/h8,13-14H,4-7,9-10H2,1-3H3. The van der Waals surface area contributed by atoms with Gasteiger partial charge in [-0.15, -0.1) is 0 Å². The first-order valence-corrected chi connectivity index (χ1v) is 6.64. The number of rotatable bonds is 5. The minimum absolute atomic E-state index is 0.703. The van der Waals surface area contributed by atoms with Crippen LogP contribution in [0.5, 0.6) is 0 Å². The molecule has 1 fully saturated rings. The maximum absolute atomic E-state index is 4.33. The molecule has 0 radical (unpaired) electrons. The molecule has 4 nitrogen and oxygen atoms in total. The second-order valence-corrected chi connectivity index (χ2v) is 5.00. The van der Waals surface area contributed by atoms with Crippen LogP contribution in [0.2, 0.25) is 0 Å². The normalized spacial score (nSPS) is 20.4. The monoisotopic (exact) mass is 236 g/mol. The average Bonchev–Trinajstić information content (AvgIpc) is 2.93. The molecule has 0 saturated carbocycles. The lowest BCUT2D eigenvalue weighted by Gasteiger charge is -2.27. The first-order valence-electron chi connectivity index (χ1n) is 6.64. The first-order chi connectivity index (χ1) is 8.22. The van der Waals surface area contributed by atoms with Crippen molar-refractivity contribution in [3.63, 3.8) is 0 Å². The van der Waals surface area contributed by atoms with E-state index in [4.69, 9.17) is 0 Å². The molecular formula is C13H24N4. The molecule has 1 atom stereocenters. The summed E-state index contributed by atoms with van der Waals surface area (Å²) < 4.78 is 1.96. The van der Waals surface area contributed by atoms with Gasteiger partial charge in [0.15, 0.2) is 0 Å². The van der Waals surface area contributed by atoms with Gasteiger partial charge in [0.25, 0.3) is 0 Å². The van der Waals surface area contributed by atoms with Crippen LogP contribution >= 0.6 is 0 Å². The quantitative estimate of drug-likeness (QED) is 0.836. The summed E-state index contributed by atoms with van der Waals surface area (Å²) in [6.07, 6.45) is 4.51. The Morgan fingerprint density at radius 3 is 2.94 bits per heavy atom. The van der Waals surface area contributed by atoms with Gasteiger partial charge in [-0.05, 0) is 32.9 Å². The molecule has 1 aliphatic rings. The lowest BCUT2D eigenvalue weighted by atomic mass is 10.1. The minimum Gasteiger partial charge on any atom is -0.315 e. The van der Waals surface area contributed by atoms with Crippen LogP contribution in [0.25, 0.3) is 0 Å². The summed E-state index contributed by atoms with van der Waals surface area (Å²) in [5.74, 6) is 0. The molecule has 0 amide bonds. The van der Waals surface area contributed by atoms with Gasteiger partial charge in [-0.25, -0.2) is 0 Å². The summed E-state index contributed by atoms with van der Waals surface area (Å²) >= 11 is 0. The van der Waals surface area contributed by atoms with Crippen LogP contribution in [-0.2, 0) is 13.6 Å². The molecule has 1 aliphatic heterocycles. The van der Waals surface area contributed by atoms with Crippen molar-refractivity contribution in [1.82, 2.24) is 20.0 Å². The summed E-state index contributed by atoms with van der Waals surface area (Å²) in [5, 5.41) is 7.78. The highest BCUT2D eigenvalue weighted by Gasteiger charge is 2.22. The van der Waals surface area contributed by atoms with Crippen molar-refractivity contribution in [3.8, 4) is 0 Å². The van der Waals surface area contributed by atoms with Crippen molar-refractivity contribution in [3.05, 3.63) is 17.5 Å². The van der Waals surface area contributed by atoms with Gasteiger partial charge >= 0.3 is 0 Å². The average molecular weight is 236 g/mol. The van der Waals surface area contributed by atoms with Crippen molar-refractivity contribution >= 4 is 0 Å². The molecule has 1 N–H and O–H groups in total. The third kappa shape index (κ3) is 2.87. The SMILES string of the molecule is CCCN(Cc1cnn(C)c1C)C1CCNC1. The number of hydrogen-bond donors (Lipinski definition) is 1. The largest absolute Gasteiger partial charge is 0.315 e. The number of aromatic nitrogens is 2. The van der Waals surface area contributed by atoms with Gasteiger partial charge in [-0.1, -0.05) is 6.92 Å². The molecule has 1 unspecified atom stereocenters. The van der Waals surface area contributed by atoms with Gasteiger partial charge < -0.3 is 5.32 Å². The van der Waals surface area contributed by atoms with Crippen LogP contribution in [0.1, 0.15) is 31.0 Å². The van der Waals surface area contributed by atoms with Gasteiger partial charge in [0.05, 0.1) is 6.20 Å². The molecule has 0 spiro atoms. The molecule has 1 aromatic heterocycles. The Kier molecular flexibility index (Phi) is 4.18. The van der Waals surface area contributed by atoms with E-state index in [1.807, 2.05) is 17.9 Å². The highest BCUT2D eigenvalue weighted by Crippen LogP contribution is 2.15. The Morgan fingerprint density at radius 1 is 1.59 bits per heavy atom. The molecule has 0 aliphatic carbocycles. The molecular weight excluding hydrogens is 212 g/mol. The summed E-state index contributed by atoms with van der Waals surface area (Å²) in [7, 11) is 2.01. The van der Waals surface area contributed by atoms with E-state index < -0.39 is 0 Å². The summed E-state index contributed by atoms with van der Waals surface area (Å²) in [6, 6.07) is 0.703. The molecule has 1 aromatic rings. The molecule has 2 heterocycles. The van der Waals surface area contributed by atoms with E-state index in [1.54, 1.807) is 0 Å². The number of nitrogens with zero attached hydrogens (tertiary/aromatic N) is 3. The summed E-state index contributed by atoms with van der Waals surface area (Å²) in [5.41, 5.74) is 2.66. The van der Waals surface area contributed by atoms with Crippen LogP contribution < -0.4 is 5.32 Å². The van der Waals surface area contributed by atoms with Crippen molar-refractivity contribution in [2.45, 2.75) is 39.3 Å². The fourth-order valence-corrected chi connectivity index (χ4v) is 2.55. The van der Waals surface area contributed by atoms with E-state index in [0.717, 1.165) is 19.6 Å². The summed E-state index contributed by atoms with van der Waals surface area (Å²) in [4.78, 5) is 2.60. The predicted molar refractivity (Wildman–Crippen MR) is 69.9 cm³/mol. The minimum atomic E-state index is 0.703. The third-order valence-corrected chi connectivity index (χ3v) is 3.77. The Bertz CT molecular complexity index is 352. The number of hydrogen-bond acceptors (Lipinski definition) is 3. The van der Waals surface area contributed by atoms with Gasteiger partial charge in [0.2, 0.25) is 0 Å². The molecule has 17 heavy (non-hydrogen) atoms. The Morgan fingerprint density at radius 2 is 2.41 bits per heavy atom. The van der Waals surface area contributed by atoms with Crippen molar-refractivity contribution in [2.24, 2.45) is 7.05 Å². The fourth-order valence-electron chi connectivity index (χ4n) is 2.55. The lowest BCUT2D eigenvalue weighted by Crippen LogP contribution is -2.37. The maximum atomic E-state index is 4.33. The first kappa shape index (κ1) is 12.6. The second-order valence-electron chi connectivity index (χ2n) is 5.00. The van der Waals surface area contributed by atoms with Gasteiger partial charge in [-0.3, -0.25) is 9.58 Å². The zero-order chi connectivity index (χ0) is 12.3. The van der Waals surface area contributed by atoms with E-state index in [1.165, 1.54) is 30.6 Å². The van der Waals surface area contributed by atoms with Crippen molar-refractivity contribution < 1.29 is 0 Å². The predicted octanol–water partition coefficient (Wildman–Crippen LogP) is 1.30. The van der Waals surface area contributed by atoms with Crippen LogP contribution in [0.4, 0.5) is 0 Å². The van der Waals surface area contributed by atoms with Crippen LogP contribution in [0, 0.1) is 6.92 Å². The van der Waals surface area contributed by atoms with Crippen molar-refractivity contribution in [2.75, 3.05) is 19.6 Å². The van der Waals surface area contributed by atoms with E-state index in [0.29, 0.717) is 6.04 Å². The zero-order valence-electron chi connectivity index (χ0n) is 11.2. The smallest absolute Gasteiger partial charge is 0.0537 e. The topological polar surface area (TPSA) is 33.1 Å². The molecule has 96 valence electrons. The van der Waals surface area contributed by atoms with E-state index >= 15 is 0 Å². The number of aryl methyl sites for hydroxylation is 1. The van der Waals surface area contributed by atoms with Crippen LogP contribution in [0.3, 0.4) is 0 Å². The third-order valence-electron chi connectivity index (χ3n) is 3.77. The fraction of sp³-hybridized carbons (Fsp3) is 0.769. The van der Waals surface area contributed by atoms with Gasteiger partial charge in [0.1, 0.15) is 0 Å². The van der Waals surface area contributed by atoms with E-state index in [9.17, 15) is 0 Å². The molecule has 0 bridgehead atoms. The zero-order valence-corrected chi connectivity index (χ0v) is 11.2.